The summed E-state index contributed by atoms with van der Waals surface area (Å²) in [6.07, 6.45) is 3.84. The lowest BCUT2D eigenvalue weighted by atomic mass is 10.0. The van der Waals surface area contributed by atoms with Crippen LogP contribution in [-0.2, 0) is 10.0 Å². The highest BCUT2D eigenvalue weighted by Gasteiger charge is 2.30. The normalized spacial score (nSPS) is 18.0. The lowest BCUT2D eigenvalue weighted by Gasteiger charge is -2.36. The number of likely N-dealkylation sites (tertiary alicyclic amines) is 1. The van der Waals surface area contributed by atoms with E-state index in [1.54, 1.807) is 49.5 Å². The van der Waals surface area contributed by atoms with Gasteiger partial charge in [0, 0.05) is 36.8 Å². The third kappa shape index (κ3) is 3.70. The summed E-state index contributed by atoms with van der Waals surface area (Å²) in [4.78, 5) is 11.4. The van der Waals surface area contributed by atoms with Crippen molar-refractivity contribution in [1.82, 2.24) is 23.4 Å². The second kappa shape index (κ2) is 8.75. The van der Waals surface area contributed by atoms with Crippen LogP contribution in [-0.4, -0.2) is 62.7 Å². The van der Waals surface area contributed by atoms with E-state index in [0.717, 1.165) is 31.4 Å². The van der Waals surface area contributed by atoms with Crippen LogP contribution in [0.2, 0.25) is 0 Å². The molecule has 2 atom stereocenters. The van der Waals surface area contributed by atoms with Gasteiger partial charge in [-0.3, -0.25) is 4.90 Å². The molecule has 0 saturated carbocycles. The first kappa shape index (κ1) is 22.9. The number of fused-ring (bicyclic) bond motifs is 3. The van der Waals surface area contributed by atoms with Gasteiger partial charge in [-0.25, -0.2) is 26.7 Å². The maximum absolute atomic E-state index is 13.3. The van der Waals surface area contributed by atoms with Crippen LogP contribution in [0.3, 0.4) is 0 Å². The van der Waals surface area contributed by atoms with Gasteiger partial charge in [-0.05, 0) is 44.9 Å². The van der Waals surface area contributed by atoms with Crippen molar-refractivity contribution >= 4 is 32.1 Å². The van der Waals surface area contributed by atoms with E-state index < -0.39 is 16.1 Å². The van der Waals surface area contributed by atoms with E-state index in [0.29, 0.717) is 22.4 Å². The molecule has 1 unspecified atom stereocenters. The molecule has 10 heteroatoms. The summed E-state index contributed by atoms with van der Waals surface area (Å²) in [5, 5.41) is 11.2. The Morgan fingerprint density at radius 3 is 2.50 bits per heavy atom. The lowest BCUT2D eigenvalue weighted by Crippen LogP contribution is -2.41. The summed E-state index contributed by atoms with van der Waals surface area (Å²) >= 11 is 0. The number of alkyl halides is 1. The van der Waals surface area contributed by atoms with Crippen LogP contribution in [0, 0.1) is 0 Å². The van der Waals surface area contributed by atoms with E-state index in [-0.39, 0.29) is 23.7 Å². The number of nitrogens with zero attached hydrogens (tertiary/aromatic N) is 5. The van der Waals surface area contributed by atoms with Crippen molar-refractivity contribution in [3.63, 3.8) is 0 Å². The molecular weight excluding hydrogens is 457 g/mol. The molecule has 1 aliphatic rings. The molecular formula is C24H28FN5O3S. The first-order valence-electron chi connectivity index (χ1n) is 11.5. The monoisotopic (exact) mass is 485 g/mol. The van der Waals surface area contributed by atoms with Gasteiger partial charge < -0.3 is 9.67 Å². The topological polar surface area (TPSA) is 93.2 Å². The fourth-order valence-corrected chi connectivity index (χ4v) is 6.23. The summed E-state index contributed by atoms with van der Waals surface area (Å²) in [6, 6.07) is 9.93. The van der Waals surface area contributed by atoms with E-state index >= 15 is 0 Å². The van der Waals surface area contributed by atoms with E-state index in [9.17, 15) is 17.9 Å². The average Bonchev–Trinajstić information content (AvgIpc) is 3.46. The van der Waals surface area contributed by atoms with Gasteiger partial charge >= 0.3 is 0 Å². The molecule has 5 rings (SSSR count). The molecule has 1 saturated heterocycles. The minimum absolute atomic E-state index is 0.0531. The number of hydrogen-bond donors (Lipinski definition) is 1. The molecule has 0 spiro atoms. The van der Waals surface area contributed by atoms with Crippen molar-refractivity contribution in [2.24, 2.45) is 0 Å². The summed E-state index contributed by atoms with van der Waals surface area (Å²) < 4.78 is 43.0. The number of piperidine rings is 1. The first-order chi connectivity index (χ1) is 16.3. The van der Waals surface area contributed by atoms with Crippen molar-refractivity contribution in [2.75, 3.05) is 19.8 Å². The largest absolute Gasteiger partial charge is 0.385 e. The third-order valence-electron chi connectivity index (χ3n) is 6.74. The molecule has 1 N–H and O–H groups in total. The van der Waals surface area contributed by atoms with Gasteiger partial charge in [0.2, 0.25) is 0 Å². The number of halogens is 1. The minimum atomic E-state index is -3.82. The van der Waals surface area contributed by atoms with Crippen molar-refractivity contribution in [3.05, 3.63) is 54.6 Å². The molecule has 0 bridgehead atoms. The summed E-state index contributed by atoms with van der Waals surface area (Å²) in [6.45, 7) is 4.67. The number of aliphatic hydroxyl groups is 1. The Kier molecular flexibility index (Phi) is 5.91. The Labute approximate surface area is 197 Å². The number of rotatable bonds is 6. The molecule has 4 aromatic rings. The summed E-state index contributed by atoms with van der Waals surface area (Å²) in [5.41, 5.74) is 1.69. The fraction of sp³-hybridized carbons (Fsp3) is 0.417. The Balaban J connectivity index is 1.64. The van der Waals surface area contributed by atoms with Crippen molar-refractivity contribution in [2.45, 2.75) is 49.8 Å². The van der Waals surface area contributed by atoms with E-state index in [4.69, 9.17) is 0 Å². The van der Waals surface area contributed by atoms with Gasteiger partial charge in [0.25, 0.3) is 10.0 Å². The fourth-order valence-electron chi connectivity index (χ4n) is 4.91. The Hall–Kier alpha value is -2.82. The highest BCUT2D eigenvalue weighted by atomic mass is 32.2. The molecule has 180 valence electrons. The van der Waals surface area contributed by atoms with Gasteiger partial charge in [0.05, 0.1) is 16.6 Å². The van der Waals surface area contributed by atoms with Crippen LogP contribution in [0.1, 0.15) is 44.7 Å². The molecule has 1 aliphatic heterocycles. The molecule has 0 amide bonds. The van der Waals surface area contributed by atoms with Gasteiger partial charge in [0.15, 0.2) is 5.65 Å². The molecule has 3 aromatic heterocycles. The summed E-state index contributed by atoms with van der Waals surface area (Å²) in [5.74, 6) is 0.528. The van der Waals surface area contributed by atoms with Crippen molar-refractivity contribution < 1.29 is 17.9 Å². The number of aliphatic hydroxyl groups excluding tert-OH is 1. The quantitative estimate of drug-likeness (QED) is 0.448. The predicted molar refractivity (Wildman–Crippen MR) is 128 cm³/mol. The van der Waals surface area contributed by atoms with Crippen LogP contribution in [0.15, 0.2) is 53.7 Å². The van der Waals surface area contributed by atoms with Gasteiger partial charge in [-0.2, -0.15) is 0 Å². The molecule has 4 heterocycles. The van der Waals surface area contributed by atoms with Gasteiger partial charge in [-0.1, -0.05) is 18.2 Å². The second-order valence-corrected chi connectivity index (χ2v) is 10.8. The number of pyridine rings is 1. The minimum Gasteiger partial charge on any atom is -0.385 e. The smallest absolute Gasteiger partial charge is 0.269 e. The van der Waals surface area contributed by atoms with Crippen LogP contribution >= 0.6 is 0 Å². The van der Waals surface area contributed by atoms with Crippen LogP contribution in [0.25, 0.3) is 22.1 Å². The zero-order valence-electron chi connectivity index (χ0n) is 19.2. The van der Waals surface area contributed by atoms with Crippen LogP contribution in [0.5, 0.6) is 0 Å². The molecule has 0 radical (unpaired) electrons. The SMILES string of the molecule is CC(CF)N1CCC(n2c([C@@H](C)O)nc3cnc4c(ccn4S(=O)(=O)c4ccccc4)c32)CC1. The van der Waals surface area contributed by atoms with Crippen LogP contribution < -0.4 is 0 Å². The van der Waals surface area contributed by atoms with Gasteiger partial charge in [0.1, 0.15) is 24.1 Å². The second-order valence-electron chi connectivity index (χ2n) is 8.95. The number of hydrogen-bond acceptors (Lipinski definition) is 6. The van der Waals surface area contributed by atoms with Crippen LogP contribution in [0.4, 0.5) is 4.39 Å². The molecule has 0 aliphatic carbocycles. The maximum atomic E-state index is 13.3. The number of benzene rings is 1. The highest BCUT2D eigenvalue weighted by Crippen LogP contribution is 2.35. The highest BCUT2D eigenvalue weighted by molar-refractivity contribution is 7.90. The van der Waals surface area contributed by atoms with E-state index in [2.05, 4.69) is 14.9 Å². The average molecular weight is 486 g/mol. The lowest BCUT2D eigenvalue weighted by molar-refractivity contribution is 0.120. The van der Waals surface area contributed by atoms with Crippen molar-refractivity contribution in [1.29, 1.82) is 0 Å². The molecule has 8 nitrogen and oxygen atoms in total. The molecule has 34 heavy (non-hydrogen) atoms. The van der Waals surface area contributed by atoms with E-state index in [1.165, 1.54) is 10.2 Å². The maximum Gasteiger partial charge on any atom is 0.269 e. The van der Waals surface area contributed by atoms with Crippen molar-refractivity contribution in [3.8, 4) is 0 Å². The van der Waals surface area contributed by atoms with E-state index in [1.807, 2.05) is 11.5 Å². The predicted octanol–water partition coefficient (Wildman–Crippen LogP) is 3.67. The zero-order valence-corrected chi connectivity index (χ0v) is 20.0. The third-order valence-corrected chi connectivity index (χ3v) is 8.42. The Morgan fingerprint density at radius 2 is 1.85 bits per heavy atom. The molecule has 1 fully saturated rings. The molecule has 1 aromatic carbocycles. The first-order valence-corrected chi connectivity index (χ1v) is 12.9. The Bertz CT molecular complexity index is 1420. The number of imidazole rings is 1. The van der Waals surface area contributed by atoms with Gasteiger partial charge in [-0.15, -0.1) is 0 Å². The standard InChI is InChI=1S/C24H28FN5O3S/c1-16(14-25)28-11-8-18(9-12-28)30-22-20-10-13-29(34(32,33)19-6-4-3-5-7-19)24(20)26-15-21(22)27-23(30)17(2)31/h3-7,10,13,15-18,31H,8-9,11-12,14H2,1-2H3/t16?,17-/m1/s1. The Morgan fingerprint density at radius 1 is 1.15 bits per heavy atom. The summed E-state index contributed by atoms with van der Waals surface area (Å²) in [7, 11) is -3.82. The zero-order chi connectivity index (χ0) is 24.0. The number of aromatic nitrogens is 4.